The summed E-state index contributed by atoms with van der Waals surface area (Å²) in [6, 6.07) is 6.46. The van der Waals surface area contributed by atoms with Crippen LogP contribution in [0.4, 0.5) is 0 Å². The minimum Gasteiger partial charge on any atom is -0.490 e. The first-order valence-electron chi connectivity index (χ1n) is 8.44. The number of guanidine groups is 1. The summed E-state index contributed by atoms with van der Waals surface area (Å²) in [6.45, 7) is 4.90. The van der Waals surface area contributed by atoms with Crippen LogP contribution in [0.5, 0.6) is 11.5 Å². The number of nitrogens with one attached hydrogen (secondary N) is 2. The summed E-state index contributed by atoms with van der Waals surface area (Å²) in [7, 11) is 0. The van der Waals surface area contributed by atoms with Gasteiger partial charge in [0, 0.05) is 24.6 Å². The van der Waals surface area contributed by atoms with E-state index in [4.69, 9.17) is 14.5 Å². The summed E-state index contributed by atoms with van der Waals surface area (Å²) in [4.78, 5) is 4.72. The number of rotatable bonds is 4. The van der Waals surface area contributed by atoms with Crippen molar-refractivity contribution in [3.8, 4) is 11.5 Å². The van der Waals surface area contributed by atoms with Crippen LogP contribution in [-0.4, -0.2) is 31.8 Å². The molecule has 1 aliphatic carbocycles. The molecule has 0 fully saturated rings. The molecule has 0 unspecified atom stereocenters. The highest BCUT2D eigenvalue weighted by Gasteiger charge is 2.15. The van der Waals surface area contributed by atoms with Crippen LogP contribution < -0.4 is 20.1 Å². The zero-order valence-electron chi connectivity index (χ0n) is 14.1. The van der Waals surface area contributed by atoms with Crippen molar-refractivity contribution in [2.45, 2.75) is 38.8 Å². The first-order valence-corrected chi connectivity index (χ1v) is 8.44. The van der Waals surface area contributed by atoms with Gasteiger partial charge in [0.15, 0.2) is 17.5 Å². The molecule has 0 bridgehead atoms. The van der Waals surface area contributed by atoms with Gasteiger partial charge in [0.2, 0.25) is 0 Å². The third-order valence-corrected chi connectivity index (χ3v) is 3.95. The molecule has 0 radical (unpaired) electrons. The fourth-order valence-corrected chi connectivity index (χ4v) is 2.79. The molecule has 3 rings (SSSR count). The fraction of sp³-hybridized carbons (Fsp3) is 0.500. The van der Waals surface area contributed by atoms with Crippen molar-refractivity contribution in [1.29, 1.82) is 0 Å². The Morgan fingerprint density at radius 3 is 2.79 bits per heavy atom. The molecule has 1 aromatic rings. The Kier molecular flexibility index (Phi) is 7.68. The van der Waals surface area contributed by atoms with E-state index in [1.165, 1.54) is 0 Å². The van der Waals surface area contributed by atoms with Crippen molar-refractivity contribution in [3.05, 3.63) is 35.9 Å². The standard InChI is InChI=1S/C18H25N3O2.HI/c1-2-19-18(21-15-8-3-4-9-15)20-13-14-7-5-10-16-17(14)23-12-6-11-22-16;/h3-5,7,10,15H,2,6,8-9,11-13H2,1H3,(H2,19,20,21);1H. The predicted octanol–water partition coefficient (Wildman–Crippen LogP) is 3.24. The summed E-state index contributed by atoms with van der Waals surface area (Å²) in [6.07, 6.45) is 7.45. The lowest BCUT2D eigenvalue weighted by Gasteiger charge is -2.17. The number of halogens is 1. The van der Waals surface area contributed by atoms with Gasteiger partial charge in [-0.15, -0.1) is 24.0 Å². The van der Waals surface area contributed by atoms with Gasteiger partial charge in [-0.3, -0.25) is 0 Å². The Balaban J connectivity index is 0.00000208. The molecule has 0 spiro atoms. The number of aliphatic imine (C=N–C) groups is 1. The van der Waals surface area contributed by atoms with Gasteiger partial charge in [0.05, 0.1) is 19.8 Å². The van der Waals surface area contributed by atoms with E-state index in [0.717, 1.165) is 48.8 Å². The monoisotopic (exact) mass is 443 g/mol. The van der Waals surface area contributed by atoms with E-state index in [1.54, 1.807) is 0 Å². The maximum Gasteiger partial charge on any atom is 0.191 e. The van der Waals surface area contributed by atoms with Crippen molar-refractivity contribution in [2.75, 3.05) is 19.8 Å². The maximum absolute atomic E-state index is 5.86. The first-order chi connectivity index (χ1) is 11.4. The van der Waals surface area contributed by atoms with Crippen molar-refractivity contribution in [1.82, 2.24) is 10.6 Å². The van der Waals surface area contributed by atoms with Gasteiger partial charge in [-0.25, -0.2) is 4.99 Å². The van der Waals surface area contributed by atoms with Crippen LogP contribution in [0.15, 0.2) is 35.3 Å². The normalized spacial score (nSPS) is 17.1. The molecule has 0 amide bonds. The van der Waals surface area contributed by atoms with Crippen molar-refractivity contribution < 1.29 is 9.47 Å². The van der Waals surface area contributed by atoms with Crippen LogP contribution in [0.3, 0.4) is 0 Å². The number of para-hydroxylation sites is 1. The van der Waals surface area contributed by atoms with Crippen LogP contribution in [0, 0.1) is 0 Å². The molecular weight excluding hydrogens is 417 g/mol. The molecule has 132 valence electrons. The van der Waals surface area contributed by atoms with Crippen molar-refractivity contribution >= 4 is 29.9 Å². The molecule has 2 N–H and O–H groups in total. The third-order valence-electron chi connectivity index (χ3n) is 3.95. The SMILES string of the molecule is CCNC(=NCc1cccc2c1OCCCO2)NC1CC=CC1.I. The van der Waals surface area contributed by atoms with Crippen LogP contribution >= 0.6 is 24.0 Å². The second-order valence-electron chi connectivity index (χ2n) is 5.77. The summed E-state index contributed by atoms with van der Waals surface area (Å²) in [5.74, 6) is 2.52. The number of benzene rings is 1. The average Bonchev–Trinajstić information content (AvgIpc) is 2.95. The molecule has 1 heterocycles. The molecule has 0 saturated carbocycles. The topological polar surface area (TPSA) is 54.9 Å². The second-order valence-corrected chi connectivity index (χ2v) is 5.77. The lowest BCUT2D eigenvalue weighted by atomic mass is 10.2. The summed E-state index contributed by atoms with van der Waals surface area (Å²) in [5, 5.41) is 6.80. The predicted molar refractivity (Wildman–Crippen MR) is 108 cm³/mol. The Hall–Kier alpha value is -1.44. The van der Waals surface area contributed by atoms with Gasteiger partial charge in [-0.2, -0.15) is 0 Å². The highest BCUT2D eigenvalue weighted by Crippen LogP contribution is 2.33. The van der Waals surface area contributed by atoms with Crippen molar-refractivity contribution in [3.63, 3.8) is 0 Å². The molecule has 2 aliphatic rings. The Morgan fingerprint density at radius 1 is 1.21 bits per heavy atom. The number of hydrogen-bond acceptors (Lipinski definition) is 3. The van der Waals surface area contributed by atoms with E-state index in [9.17, 15) is 0 Å². The van der Waals surface area contributed by atoms with Crippen LogP contribution in [0.1, 0.15) is 31.7 Å². The van der Waals surface area contributed by atoms with Gasteiger partial charge in [-0.05, 0) is 25.8 Å². The minimum absolute atomic E-state index is 0. The lowest BCUT2D eigenvalue weighted by Crippen LogP contribution is -2.42. The summed E-state index contributed by atoms with van der Waals surface area (Å²) in [5.41, 5.74) is 1.06. The quantitative estimate of drug-likeness (QED) is 0.325. The molecule has 6 heteroatoms. The Labute approximate surface area is 160 Å². The number of ether oxygens (including phenoxy) is 2. The Bertz CT molecular complexity index is 582. The molecule has 5 nitrogen and oxygen atoms in total. The first kappa shape index (κ1) is 18.9. The lowest BCUT2D eigenvalue weighted by molar-refractivity contribution is 0.296. The Morgan fingerprint density at radius 2 is 2.00 bits per heavy atom. The summed E-state index contributed by atoms with van der Waals surface area (Å²) >= 11 is 0. The van der Waals surface area contributed by atoms with E-state index >= 15 is 0 Å². The van der Waals surface area contributed by atoms with E-state index in [2.05, 4.69) is 35.8 Å². The van der Waals surface area contributed by atoms with E-state index in [1.807, 2.05) is 12.1 Å². The zero-order chi connectivity index (χ0) is 15.9. The second kappa shape index (κ2) is 9.76. The molecule has 0 aromatic heterocycles. The zero-order valence-corrected chi connectivity index (χ0v) is 16.4. The van der Waals surface area contributed by atoms with Crippen molar-refractivity contribution in [2.24, 2.45) is 4.99 Å². The molecule has 1 aliphatic heterocycles. The van der Waals surface area contributed by atoms with Gasteiger partial charge in [0.1, 0.15) is 0 Å². The van der Waals surface area contributed by atoms with Gasteiger partial charge >= 0.3 is 0 Å². The molecule has 0 atom stereocenters. The number of hydrogen-bond donors (Lipinski definition) is 2. The number of nitrogens with zero attached hydrogens (tertiary/aromatic N) is 1. The van der Waals surface area contributed by atoms with E-state index in [0.29, 0.717) is 25.8 Å². The van der Waals surface area contributed by atoms with Gasteiger partial charge in [0.25, 0.3) is 0 Å². The highest BCUT2D eigenvalue weighted by molar-refractivity contribution is 14.0. The van der Waals surface area contributed by atoms with Gasteiger partial charge in [-0.1, -0.05) is 24.3 Å². The minimum atomic E-state index is 0. The molecule has 0 saturated heterocycles. The maximum atomic E-state index is 5.86. The van der Waals surface area contributed by atoms with Crippen LogP contribution in [0.2, 0.25) is 0 Å². The molecule has 24 heavy (non-hydrogen) atoms. The summed E-state index contributed by atoms with van der Waals surface area (Å²) < 4.78 is 11.6. The van der Waals surface area contributed by atoms with Crippen LogP contribution in [0.25, 0.3) is 0 Å². The third kappa shape index (κ3) is 5.03. The molecule has 1 aromatic carbocycles. The van der Waals surface area contributed by atoms with E-state index in [-0.39, 0.29) is 24.0 Å². The molecular formula is C18H26IN3O2. The van der Waals surface area contributed by atoms with Gasteiger partial charge < -0.3 is 20.1 Å². The highest BCUT2D eigenvalue weighted by atomic mass is 127. The average molecular weight is 443 g/mol. The van der Waals surface area contributed by atoms with Crippen LogP contribution in [-0.2, 0) is 6.54 Å². The fourth-order valence-electron chi connectivity index (χ4n) is 2.79. The van der Waals surface area contributed by atoms with E-state index < -0.39 is 0 Å². The number of fused-ring (bicyclic) bond motifs is 1. The largest absolute Gasteiger partial charge is 0.490 e. The smallest absolute Gasteiger partial charge is 0.191 e.